The molecule has 7 heteroatoms. The van der Waals surface area contributed by atoms with Gasteiger partial charge in [-0.25, -0.2) is 0 Å². The summed E-state index contributed by atoms with van der Waals surface area (Å²) in [6, 6.07) is 0. The molecule has 0 bridgehead atoms. The van der Waals surface area contributed by atoms with Gasteiger partial charge >= 0.3 is 11.9 Å². The molecule has 9 atom stereocenters. The SMILES string of the molecule is CCCCCCC(=O)O[C@@H]1C[C@](OC(C)=O)(C(C)=O)[C@@]2(C)CC[C@H]3[C@@H](C=C(Cl)C4=CC(=O)[C@@H]5C[C@@H]5[C@@]43C)[C@H]12. The highest BCUT2D eigenvalue weighted by Gasteiger charge is 2.73. The van der Waals surface area contributed by atoms with Gasteiger partial charge in [0.2, 0.25) is 0 Å². The molecule has 0 saturated heterocycles. The number of carbonyl (C=O) groups excluding carboxylic acids is 4. The Balaban J connectivity index is 1.55. The maximum atomic E-state index is 13.3. The molecule has 3 saturated carbocycles. The van der Waals surface area contributed by atoms with Crippen molar-refractivity contribution in [3.05, 3.63) is 22.8 Å². The van der Waals surface area contributed by atoms with E-state index in [-0.39, 0.29) is 59.0 Å². The number of halogens is 1. The molecule has 0 aromatic rings. The molecule has 0 radical (unpaired) electrons. The molecule has 5 aliphatic carbocycles. The van der Waals surface area contributed by atoms with E-state index in [1.807, 2.05) is 13.0 Å². The summed E-state index contributed by atoms with van der Waals surface area (Å²) in [7, 11) is 0. The summed E-state index contributed by atoms with van der Waals surface area (Å²) >= 11 is 6.93. The molecular weight excluding hydrogens is 504 g/mol. The Morgan fingerprint density at radius 2 is 1.84 bits per heavy atom. The maximum Gasteiger partial charge on any atom is 0.306 e. The minimum Gasteiger partial charge on any atom is -0.462 e. The highest BCUT2D eigenvalue weighted by molar-refractivity contribution is 6.32. The van der Waals surface area contributed by atoms with E-state index < -0.39 is 23.1 Å². The second kappa shape index (κ2) is 9.60. The summed E-state index contributed by atoms with van der Waals surface area (Å²) in [5, 5.41) is 0.592. The largest absolute Gasteiger partial charge is 0.462 e. The molecule has 38 heavy (non-hydrogen) atoms. The Labute approximate surface area is 230 Å². The highest BCUT2D eigenvalue weighted by Crippen LogP contribution is 2.72. The van der Waals surface area contributed by atoms with Gasteiger partial charge in [-0.1, -0.05) is 57.7 Å². The van der Waals surface area contributed by atoms with E-state index in [2.05, 4.69) is 13.8 Å². The van der Waals surface area contributed by atoms with E-state index >= 15 is 0 Å². The van der Waals surface area contributed by atoms with Crippen LogP contribution in [0.15, 0.2) is 22.8 Å². The number of hydrogen-bond acceptors (Lipinski definition) is 6. The summed E-state index contributed by atoms with van der Waals surface area (Å²) in [5.41, 5.74) is -1.37. The maximum absolute atomic E-state index is 13.3. The molecule has 0 heterocycles. The van der Waals surface area contributed by atoms with Gasteiger partial charge in [0.15, 0.2) is 17.2 Å². The number of unbranched alkanes of at least 4 members (excludes halogenated alkanes) is 3. The smallest absolute Gasteiger partial charge is 0.306 e. The van der Waals surface area contributed by atoms with Gasteiger partial charge in [0, 0.05) is 47.5 Å². The van der Waals surface area contributed by atoms with Crippen LogP contribution in [0.4, 0.5) is 0 Å². The number of fused-ring (bicyclic) bond motifs is 7. The Morgan fingerprint density at radius 1 is 1.11 bits per heavy atom. The summed E-state index contributed by atoms with van der Waals surface area (Å²) in [6.07, 6.45) is 10.0. The molecule has 0 amide bonds. The van der Waals surface area contributed by atoms with Crippen LogP contribution < -0.4 is 0 Å². The van der Waals surface area contributed by atoms with E-state index in [1.54, 1.807) is 6.08 Å². The Morgan fingerprint density at radius 3 is 2.50 bits per heavy atom. The lowest BCUT2D eigenvalue weighted by molar-refractivity contribution is -0.185. The summed E-state index contributed by atoms with van der Waals surface area (Å²) in [5.74, 6) is -0.561. The lowest BCUT2D eigenvalue weighted by Crippen LogP contribution is -2.59. The first-order chi connectivity index (χ1) is 17.9. The van der Waals surface area contributed by atoms with Gasteiger partial charge in [-0.05, 0) is 62.0 Å². The molecule has 0 aliphatic heterocycles. The van der Waals surface area contributed by atoms with E-state index in [4.69, 9.17) is 21.1 Å². The fraction of sp³-hybridized carbons (Fsp3) is 0.742. The molecule has 3 fully saturated rings. The number of carbonyl (C=O) groups is 4. The van der Waals surface area contributed by atoms with Crippen molar-refractivity contribution in [1.82, 2.24) is 0 Å². The lowest BCUT2D eigenvalue weighted by Gasteiger charge is -2.58. The van der Waals surface area contributed by atoms with Crippen LogP contribution in [0.1, 0.15) is 92.4 Å². The van der Waals surface area contributed by atoms with Crippen molar-refractivity contribution in [3.8, 4) is 0 Å². The second-order valence-electron chi connectivity index (χ2n) is 12.9. The minimum absolute atomic E-state index is 0.0625. The predicted molar refractivity (Wildman–Crippen MR) is 143 cm³/mol. The number of rotatable bonds is 8. The Kier molecular flexibility index (Phi) is 6.98. The number of esters is 2. The number of allylic oxidation sites excluding steroid dienone is 4. The molecule has 5 aliphatic rings. The Bertz CT molecular complexity index is 1120. The second-order valence-corrected chi connectivity index (χ2v) is 13.3. The molecular formula is C31H41ClO6. The van der Waals surface area contributed by atoms with Crippen LogP contribution in [0.2, 0.25) is 0 Å². The number of Topliss-reactive ketones (excluding diaryl/α,β-unsaturated/α-hetero) is 1. The third-order valence-electron chi connectivity index (χ3n) is 11.0. The standard InChI is InChI=1S/C31H41ClO6/c1-6-7-8-9-10-27(36)37-26-16-31(17(2)33,38-18(3)34)29(4)12-11-21-20(28(26)29)14-24(32)23-15-25(35)19-13-22(19)30(21,23)5/h14-15,19-22,26,28H,6-13,16H2,1-5H3/t19-,20-,21+,22+,26-,28-,29+,30+,31+/m1/s1. The van der Waals surface area contributed by atoms with Crippen LogP contribution in [0.25, 0.3) is 0 Å². The average molecular weight is 545 g/mol. The van der Waals surface area contributed by atoms with Gasteiger partial charge in [0.1, 0.15) is 6.10 Å². The van der Waals surface area contributed by atoms with Gasteiger partial charge in [0.25, 0.3) is 0 Å². The lowest BCUT2D eigenvalue weighted by atomic mass is 9.47. The molecule has 0 spiro atoms. The van der Waals surface area contributed by atoms with Gasteiger partial charge in [-0.2, -0.15) is 0 Å². The van der Waals surface area contributed by atoms with Crippen molar-refractivity contribution < 1.29 is 28.7 Å². The first-order valence-electron chi connectivity index (χ1n) is 14.4. The summed E-state index contributed by atoms with van der Waals surface area (Å²) < 4.78 is 12.1. The van der Waals surface area contributed by atoms with Crippen molar-refractivity contribution in [3.63, 3.8) is 0 Å². The average Bonchev–Trinajstić information content (AvgIpc) is 3.61. The van der Waals surface area contributed by atoms with Crippen molar-refractivity contribution in [2.45, 2.75) is 104 Å². The third kappa shape index (κ3) is 3.95. The Hall–Kier alpha value is -1.95. The van der Waals surface area contributed by atoms with Crippen LogP contribution in [-0.4, -0.2) is 35.2 Å². The van der Waals surface area contributed by atoms with Crippen LogP contribution in [0.5, 0.6) is 0 Å². The monoisotopic (exact) mass is 544 g/mol. The van der Waals surface area contributed by atoms with Crippen molar-refractivity contribution in [2.75, 3.05) is 0 Å². The van der Waals surface area contributed by atoms with Crippen LogP contribution >= 0.6 is 11.6 Å². The number of ether oxygens (including phenoxy) is 2. The van der Waals surface area contributed by atoms with E-state index in [0.717, 1.165) is 44.1 Å². The molecule has 6 nitrogen and oxygen atoms in total. The number of hydrogen-bond donors (Lipinski definition) is 0. The quantitative estimate of drug-likeness (QED) is 0.271. The van der Waals surface area contributed by atoms with Crippen molar-refractivity contribution in [2.24, 2.45) is 40.4 Å². The van der Waals surface area contributed by atoms with Gasteiger partial charge in [-0.3, -0.25) is 19.2 Å². The fourth-order valence-corrected chi connectivity index (χ4v) is 9.48. The summed E-state index contributed by atoms with van der Waals surface area (Å²) in [4.78, 5) is 51.4. The predicted octanol–water partition coefficient (Wildman–Crippen LogP) is 6.10. The normalized spacial score (nSPS) is 42.5. The minimum atomic E-state index is -1.36. The zero-order valence-electron chi connectivity index (χ0n) is 23.3. The van der Waals surface area contributed by atoms with Gasteiger partial charge < -0.3 is 9.47 Å². The van der Waals surface area contributed by atoms with Crippen LogP contribution in [0.3, 0.4) is 0 Å². The topological polar surface area (TPSA) is 86.7 Å². The van der Waals surface area contributed by atoms with E-state index in [0.29, 0.717) is 17.9 Å². The molecule has 208 valence electrons. The molecule has 0 unspecified atom stereocenters. The molecule has 0 aromatic heterocycles. The van der Waals surface area contributed by atoms with Crippen LogP contribution in [-0.2, 0) is 28.7 Å². The highest BCUT2D eigenvalue weighted by atomic mass is 35.5. The zero-order chi connectivity index (χ0) is 27.6. The van der Waals surface area contributed by atoms with Gasteiger partial charge in [0.05, 0.1) is 0 Å². The summed E-state index contributed by atoms with van der Waals surface area (Å²) in [6.45, 7) is 9.24. The van der Waals surface area contributed by atoms with E-state index in [1.165, 1.54) is 13.8 Å². The molecule has 0 aromatic carbocycles. The third-order valence-corrected chi connectivity index (χ3v) is 11.3. The van der Waals surface area contributed by atoms with E-state index in [9.17, 15) is 19.2 Å². The fourth-order valence-electron chi connectivity index (χ4n) is 9.08. The molecule has 0 N–H and O–H groups in total. The number of ketones is 2. The zero-order valence-corrected chi connectivity index (χ0v) is 24.1. The van der Waals surface area contributed by atoms with Crippen molar-refractivity contribution in [1.29, 1.82) is 0 Å². The van der Waals surface area contributed by atoms with Crippen LogP contribution in [0, 0.1) is 40.4 Å². The van der Waals surface area contributed by atoms with Gasteiger partial charge in [-0.15, -0.1) is 0 Å². The first-order valence-corrected chi connectivity index (χ1v) is 14.8. The first kappa shape index (κ1) is 27.6. The van der Waals surface area contributed by atoms with Crippen molar-refractivity contribution >= 4 is 35.1 Å². The molecule has 5 rings (SSSR count).